The second kappa shape index (κ2) is 9.45. The number of amides is 1. The Morgan fingerprint density at radius 1 is 1.20 bits per heavy atom. The Morgan fingerprint density at radius 3 is 2.44 bits per heavy atom. The number of hydrogen-bond acceptors (Lipinski definition) is 5. The number of nitro benzene ring substituents is 1. The molecule has 9 heteroatoms. The van der Waals surface area contributed by atoms with Crippen molar-refractivity contribution in [3.63, 3.8) is 0 Å². The van der Waals surface area contributed by atoms with E-state index >= 15 is 0 Å². The summed E-state index contributed by atoms with van der Waals surface area (Å²) in [4.78, 5) is 26.1. The summed E-state index contributed by atoms with van der Waals surface area (Å²) in [7, 11) is 1.59. The lowest BCUT2D eigenvalue weighted by Crippen LogP contribution is -2.42. The lowest BCUT2D eigenvalue weighted by Gasteiger charge is -2.19. The van der Waals surface area contributed by atoms with Crippen molar-refractivity contribution in [3.8, 4) is 0 Å². The minimum Gasteiger partial charge on any atom is -0.444 e. The average molecular weight is 351 g/mol. The van der Waals surface area contributed by atoms with Crippen LogP contribution in [0.3, 0.4) is 0 Å². The fourth-order valence-corrected chi connectivity index (χ4v) is 1.90. The Labute approximate surface area is 147 Å². The van der Waals surface area contributed by atoms with Crippen molar-refractivity contribution in [2.75, 3.05) is 20.1 Å². The monoisotopic (exact) mass is 351 g/mol. The second-order valence-corrected chi connectivity index (χ2v) is 6.17. The molecule has 25 heavy (non-hydrogen) atoms. The molecule has 0 heterocycles. The van der Waals surface area contributed by atoms with Gasteiger partial charge in [0.05, 0.1) is 4.92 Å². The van der Waals surface area contributed by atoms with E-state index < -0.39 is 16.6 Å². The average Bonchev–Trinajstić information content (AvgIpc) is 2.52. The number of aliphatic imine (C=N–C) groups is 1. The van der Waals surface area contributed by atoms with E-state index in [0.29, 0.717) is 24.6 Å². The predicted octanol–water partition coefficient (Wildman–Crippen LogP) is 1.78. The van der Waals surface area contributed by atoms with E-state index in [-0.39, 0.29) is 12.2 Å². The molecule has 0 aliphatic heterocycles. The van der Waals surface area contributed by atoms with Crippen LogP contribution in [0.2, 0.25) is 0 Å². The van der Waals surface area contributed by atoms with Gasteiger partial charge in [-0.15, -0.1) is 0 Å². The van der Waals surface area contributed by atoms with Gasteiger partial charge in [0.1, 0.15) is 5.60 Å². The highest BCUT2D eigenvalue weighted by Crippen LogP contribution is 2.16. The van der Waals surface area contributed by atoms with E-state index in [1.807, 2.05) is 0 Å². The van der Waals surface area contributed by atoms with E-state index in [9.17, 15) is 14.9 Å². The number of alkyl carbamates (subject to hydrolysis) is 1. The third kappa shape index (κ3) is 8.00. The van der Waals surface area contributed by atoms with Crippen LogP contribution in [-0.4, -0.2) is 42.7 Å². The third-order valence-corrected chi connectivity index (χ3v) is 2.94. The molecule has 138 valence electrons. The van der Waals surface area contributed by atoms with Crippen LogP contribution in [0.25, 0.3) is 0 Å². The molecule has 9 nitrogen and oxygen atoms in total. The molecule has 0 saturated heterocycles. The molecule has 0 aliphatic carbocycles. The molecule has 1 rings (SSSR count). The number of para-hydroxylation sites is 1. The zero-order valence-corrected chi connectivity index (χ0v) is 15.0. The van der Waals surface area contributed by atoms with E-state index in [0.717, 1.165) is 0 Å². The number of carbonyl (C=O) groups is 1. The number of hydrogen-bond donors (Lipinski definition) is 3. The number of nitrogens with zero attached hydrogens (tertiary/aromatic N) is 2. The summed E-state index contributed by atoms with van der Waals surface area (Å²) in [6.45, 7) is 6.41. The maximum atomic E-state index is 11.5. The number of guanidine groups is 1. The Hall–Kier alpha value is -2.84. The van der Waals surface area contributed by atoms with Gasteiger partial charge < -0.3 is 20.7 Å². The zero-order chi connectivity index (χ0) is 18.9. The van der Waals surface area contributed by atoms with Crippen molar-refractivity contribution < 1.29 is 14.5 Å². The van der Waals surface area contributed by atoms with Crippen LogP contribution in [0.4, 0.5) is 10.5 Å². The molecule has 0 aromatic heterocycles. The second-order valence-electron chi connectivity index (χ2n) is 6.17. The lowest BCUT2D eigenvalue weighted by molar-refractivity contribution is -0.385. The number of nitrogens with one attached hydrogen (secondary N) is 3. The Morgan fingerprint density at radius 2 is 1.84 bits per heavy atom. The Bertz CT molecular complexity index is 625. The highest BCUT2D eigenvalue weighted by molar-refractivity contribution is 5.79. The summed E-state index contributed by atoms with van der Waals surface area (Å²) < 4.78 is 5.12. The van der Waals surface area contributed by atoms with Gasteiger partial charge in [-0.25, -0.2) is 4.79 Å². The third-order valence-electron chi connectivity index (χ3n) is 2.94. The molecule has 0 saturated carbocycles. The summed E-state index contributed by atoms with van der Waals surface area (Å²) >= 11 is 0. The highest BCUT2D eigenvalue weighted by Gasteiger charge is 2.15. The van der Waals surface area contributed by atoms with E-state index in [1.54, 1.807) is 46.0 Å². The minimum absolute atomic E-state index is 0.0528. The number of rotatable bonds is 6. The first-order valence-electron chi connectivity index (χ1n) is 7.86. The molecule has 0 bridgehead atoms. The summed E-state index contributed by atoms with van der Waals surface area (Å²) in [5.74, 6) is 0.476. The van der Waals surface area contributed by atoms with Crippen LogP contribution in [0, 0.1) is 10.1 Å². The summed E-state index contributed by atoms with van der Waals surface area (Å²) in [6, 6.07) is 6.50. The quantitative estimate of drug-likeness (QED) is 0.236. The van der Waals surface area contributed by atoms with E-state index in [1.165, 1.54) is 6.07 Å². The van der Waals surface area contributed by atoms with Gasteiger partial charge >= 0.3 is 6.09 Å². The van der Waals surface area contributed by atoms with Crippen LogP contribution in [0.1, 0.15) is 26.3 Å². The zero-order valence-electron chi connectivity index (χ0n) is 15.0. The van der Waals surface area contributed by atoms with Crippen LogP contribution in [0.15, 0.2) is 29.3 Å². The smallest absolute Gasteiger partial charge is 0.407 e. The maximum absolute atomic E-state index is 11.5. The van der Waals surface area contributed by atoms with Gasteiger partial charge in [-0.1, -0.05) is 18.2 Å². The van der Waals surface area contributed by atoms with E-state index in [4.69, 9.17) is 4.74 Å². The molecule has 0 fully saturated rings. The fourth-order valence-electron chi connectivity index (χ4n) is 1.90. The van der Waals surface area contributed by atoms with Crippen molar-refractivity contribution in [2.24, 2.45) is 4.99 Å². The molecule has 0 unspecified atom stereocenters. The molecule has 1 aromatic carbocycles. The summed E-state index contributed by atoms with van der Waals surface area (Å²) in [5.41, 5.74) is 0.0684. The van der Waals surface area contributed by atoms with Gasteiger partial charge in [-0.2, -0.15) is 0 Å². The first-order valence-corrected chi connectivity index (χ1v) is 7.86. The number of nitro groups is 1. The van der Waals surface area contributed by atoms with Gasteiger partial charge in [0, 0.05) is 38.3 Å². The largest absolute Gasteiger partial charge is 0.444 e. The van der Waals surface area contributed by atoms with Crippen molar-refractivity contribution >= 4 is 17.7 Å². The molecule has 3 N–H and O–H groups in total. The topological polar surface area (TPSA) is 118 Å². The first kappa shape index (κ1) is 20.2. The molecular formula is C16H25N5O4. The number of ether oxygens (including phenoxy) is 1. The van der Waals surface area contributed by atoms with Gasteiger partial charge in [-0.3, -0.25) is 15.1 Å². The number of benzene rings is 1. The minimum atomic E-state index is -0.542. The van der Waals surface area contributed by atoms with Crippen LogP contribution in [-0.2, 0) is 11.3 Å². The molecule has 1 aromatic rings. The summed E-state index contributed by atoms with van der Waals surface area (Å²) in [5, 5.41) is 19.6. The van der Waals surface area contributed by atoms with Crippen molar-refractivity contribution in [3.05, 3.63) is 39.9 Å². The molecule has 0 aliphatic rings. The normalized spacial score (nSPS) is 11.6. The number of carbonyl (C=O) groups excluding carboxylic acids is 1. The fraction of sp³-hybridized carbons (Fsp3) is 0.500. The summed E-state index contributed by atoms with van der Waals surface area (Å²) in [6.07, 6.45) is -0.489. The Balaban J connectivity index is 2.39. The van der Waals surface area contributed by atoms with Gasteiger partial charge in [0.25, 0.3) is 5.69 Å². The maximum Gasteiger partial charge on any atom is 0.407 e. The van der Waals surface area contributed by atoms with Crippen LogP contribution in [0.5, 0.6) is 0 Å². The molecule has 0 atom stereocenters. The first-order chi connectivity index (χ1) is 11.7. The van der Waals surface area contributed by atoms with Crippen LogP contribution < -0.4 is 16.0 Å². The highest BCUT2D eigenvalue weighted by atomic mass is 16.6. The van der Waals surface area contributed by atoms with Crippen molar-refractivity contribution in [1.82, 2.24) is 16.0 Å². The molecule has 1 amide bonds. The lowest BCUT2D eigenvalue weighted by atomic mass is 10.2. The predicted molar refractivity (Wildman–Crippen MR) is 95.5 cm³/mol. The molecular weight excluding hydrogens is 326 g/mol. The van der Waals surface area contributed by atoms with Gasteiger partial charge in [0.2, 0.25) is 0 Å². The molecule has 0 radical (unpaired) electrons. The van der Waals surface area contributed by atoms with Crippen molar-refractivity contribution in [2.45, 2.75) is 32.9 Å². The van der Waals surface area contributed by atoms with E-state index in [2.05, 4.69) is 20.9 Å². The van der Waals surface area contributed by atoms with Crippen LogP contribution >= 0.6 is 0 Å². The van der Waals surface area contributed by atoms with Crippen molar-refractivity contribution in [1.29, 1.82) is 0 Å². The molecule has 0 spiro atoms. The Kier molecular flexibility index (Phi) is 7.64. The standard InChI is InChI=1S/C16H25N5O4/c1-16(2,3)25-15(22)19-10-9-18-14(17-4)20-11-12-7-5-6-8-13(12)21(23)24/h5-8H,9-11H2,1-4H3,(H,19,22)(H2,17,18,20). The van der Waals surface area contributed by atoms with Gasteiger partial charge in [-0.05, 0) is 20.8 Å². The SMILES string of the molecule is CN=C(NCCNC(=O)OC(C)(C)C)NCc1ccccc1[N+](=O)[O-]. The van der Waals surface area contributed by atoms with Gasteiger partial charge in [0.15, 0.2) is 5.96 Å².